The molecule has 0 aromatic heterocycles. The number of hydrogen-bond acceptors (Lipinski definition) is 7. The van der Waals surface area contributed by atoms with Gasteiger partial charge in [-0.15, -0.1) is 0 Å². The van der Waals surface area contributed by atoms with E-state index in [1.165, 1.54) is 0 Å². The van der Waals surface area contributed by atoms with Crippen LogP contribution < -0.4 is 0 Å². The maximum atomic E-state index is 0. The summed E-state index contributed by atoms with van der Waals surface area (Å²) < 4.78 is 0. The molecule has 0 fully saturated rings. The predicted molar refractivity (Wildman–Crippen MR) is 19.3 cm³/mol. The van der Waals surface area contributed by atoms with E-state index < -0.39 is 0 Å². The minimum atomic E-state index is 0. The molecule has 0 aliphatic carbocycles. The van der Waals surface area contributed by atoms with Crippen molar-refractivity contribution in [2.75, 3.05) is 0 Å². The molecule has 0 saturated heterocycles. The van der Waals surface area contributed by atoms with Crippen molar-refractivity contribution < 1.29 is 72.2 Å². The van der Waals surface area contributed by atoms with Gasteiger partial charge in [0.1, 0.15) is 0 Å². The predicted octanol–water partition coefficient (Wildman–Crippen LogP) is -1.62. The number of hydrogen-bond donors (Lipinski definition) is 0. The third-order valence-electron chi connectivity index (χ3n) is 0. The molecule has 0 saturated carbocycles. The fraction of sp³-hybridized carbons (Fsp3) is 0. The molecule has 0 heterocycles. The topological polar surface area (TPSA) is 210 Å². The standard InChI is InChI=1S/Al.Co.Mn.7H2O/h;;;7*1H2/q+3;2*+2;;;;;;;/p-7. The van der Waals surface area contributed by atoms with Gasteiger partial charge in [-0.05, 0) is 0 Å². The summed E-state index contributed by atoms with van der Waals surface area (Å²) in [4.78, 5) is 0. The van der Waals surface area contributed by atoms with E-state index in [2.05, 4.69) is 0 Å². The Morgan fingerprint density at radius 3 is 0.400 bits per heavy atom. The average Bonchev–Trinajstić information content (AvgIpc) is 0. The Kier molecular flexibility index (Phi) is 39500. The Labute approximate surface area is 89.5 Å². The van der Waals surface area contributed by atoms with Gasteiger partial charge >= 0.3 is 51.2 Å². The molecule has 0 aliphatic rings. The normalized spacial score (nSPS) is 0. The molecule has 0 aliphatic heterocycles. The zero-order valence-electron chi connectivity index (χ0n) is 4.42. The SMILES string of the molecule is [Al+3].[Co+2].[Mn+2].[OH-].[OH-].[OH-].[OH-].[OH-].[OH-].[OH-]. The first kappa shape index (κ1) is 729. The number of rotatable bonds is 0. The maximum Gasteiger partial charge on any atom is 3.00 e. The molecule has 2 radical (unpaired) electrons. The van der Waals surface area contributed by atoms with Crippen molar-refractivity contribution >= 4 is 17.4 Å². The molecule has 0 amide bonds. The Morgan fingerprint density at radius 2 is 0.400 bits per heavy atom. The summed E-state index contributed by atoms with van der Waals surface area (Å²) in [6.45, 7) is 0. The van der Waals surface area contributed by atoms with Crippen molar-refractivity contribution in [2.24, 2.45) is 0 Å². The van der Waals surface area contributed by atoms with Gasteiger partial charge in [-0.3, -0.25) is 0 Å². The molecule has 0 bridgehead atoms. The van der Waals surface area contributed by atoms with Gasteiger partial charge in [0.2, 0.25) is 0 Å². The molecular formula is H7AlCoMnO7. The van der Waals surface area contributed by atoms with Crippen LogP contribution in [0, 0.1) is 0 Å². The van der Waals surface area contributed by atoms with Crippen LogP contribution >= 0.6 is 0 Å². The molecule has 0 rings (SSSR count). The van der Waals surface area contributed by atoms with Gasteiger partial charge in [-0.25, -0.2) is 0 Å². The van der Waals surface area contributed by atoms with Crippen LogP contribution in [-0.2, 0) is 33.8 Å². The summed E-state index contributed by atoms with van der Waals surface area (Å²) >= 11 is 0. The van der Waals surface area contributed by atoms with Gasteiger partial charge in [0.25, 0.3) is 0 Å². The molecule has 0 aromatic carbocycles. The van der Waals surface area contributed by atoms with Gasteiger partial charge in [0, 0.05) is 0 Å². The Bertz CT molecular complexity index is 13.6. The van der Waals surface area contributed by atoms with Crippen molar-refractivity contribution in [3.63, 3.8) is 0 Å². The van der Waals surface area contributed by atoms with Crippen molar-refractivity contribution in [2.45, 2.75) is 0 Å². The van der Waals surface area contributed by atoms with Crippen molar-refractivity contribution in [3.05, 3.63) is 0 Å². The van der Waals surface area contributed by atoms with Crippen molar-refractivity contribution in [1.82, 2.24) is 0 Å². The van der Waals surface area contributed by atoms with Crippen LogP contribution in [0.25, 0.3) is 0 Å². The van der Waals surface area contributed by atoms with Crippen molar-refractivity contribution in [1.29, 1.82) is 0 Å². The van der Waals surface area contributed by atoms with Gasteiger partial charge < -0.3 is 38.3 Å². The van der Waals surface area contributed by atoms with Crippen LogP contribution in [0.4, 0.5) is 0 Å². The zero-order chi connectivity index (χ0) is 0. The summed E-state index contributed by atoms with van der Waals surface area (Å²) in [5.41, 5.74) is 0. The fourth-order valence-electron chi connectivity index (χ4n) is 0. The van der Waals surface area contributed by atoms with Crippen LogP contribution in [0.5, 0.6) is 0 Å². The maximum absolute atomic E-state index is 0. The van der Waals surface area contributed by atoms with Crippen LogP contribution in [-0.4, -0.2) is 55.7 Å². The van der Waals surface area contributed by atoms with Crippen molar-refractivity contribution in [3.8, 4) is 0 Å². The molecule has 0 unspecified atom stereocenters. The average molecular weight is 260 g/mol. The van der Waals surface area contributed by atoms with E-state index in [9.17, 15) is 0 Å². The van der Waals surface area contributed by atoms with E-state index in [1.807, 2.05) is 0 Å². The first-order chi connectivity index (χ1) is 0. The van der Waals surface area contributed by atoms with Gasteiger partial charge in [0.05, 0.1) is 0 Å². The molecule has 7 nitrogen and oxygen atoms in total. The molecule has 10 heavy (non-hydrogen) atoms. The third-order valence-corrected chi connectivity index (χ3v) is 0. The summed E-state index contributed by atoms with van der Waals surface area (Å²) in [5, 5.41) is 0. The second-order valence-corrected chi connectivity index (χ2v) is 0. The molecule has 10 heteroatoms. The Morgan fingerprint density at radius 1 is 0.400 bits per heavy atom. The first-order valence-corrected chi connectivity index (χ1v) is 0. The molecule has 0 atom stereocenters. The van der Waals surface area contributed by atoms with Crippen LogP contribution in [0.1, 0.15) is 0 Å². The summed E-state index contributed by atoms with van der Waals surface area (Å²) in [6, 6.07) is 0. The monoisotopic (exact) mass is 260 g/mol. The quantitative estimate of drug-likeness (QED) is 0.463. The zero-order valence-corrected chi connectivity index (χ0v) is 7.80. The van der Waals surface area contributed by atoms with E-state index in [4.69, 9.17) is 0 Å². The van der Waals surface area contributed by atoms with Crippen LogP contribution in [0.2, 0.25) is 0 Å². The second kappa shape index (κ2) is 541. The minimum Gasteiger partial charge on any atom is -0.870 e. The summed E-state index contributed by atoms with van der Waals surface area (Å²) in [5.74, 6) is 0. The van der Waals surface area contributed by atoms with Gasteiger partial charge in [0.15, 0.2) is 0 Å². The smallest absolute Gasteiger partial charge is 0.870 e. The second-order valence-electron chi connectivity index (χ2n) is 0. The van der Waals surface area contributed by atoms with Crippen LogP contribution in [0.3, 0.4) is 0 Å². The third kappa shape index (κ3) is 389. The van der Waals surface area contributed by atoms with E-state index in [1.54, 1.807) is 0 Å². The molecule has 0 spiro atoms. The van der Waals surface area contributed by atoms with E-state index in [0.717, 1.165) is 0 Å². The van der Waals surface area contributed by atoms with Gasteiger partial charge in [-0.1, -0.05) is 0 Å². The van der Waals surface area contributed by atoms with Gasteiger partial charge in [-0.2, -0.15) is 0 Å². The molecule has 0 aromatic rings. The molecule has 7 N–H and O–H groups in total. The Balaban J connectivity index is 0. The summed E-state index contributed by atoms with van der Waals surface area (Å²) in [6.07, 6.45) is 0. The molecular weight excluding hydrogens is 253 g/mol. The minimum absolute atomic E-state index is 0. The van der Waals surface area contributed by atoms with E-state index in [0.29, 0.717) is 0 Å². The molecule has 68 valence electrons. The first-order valence-electron chi connectivity index (χ1n) is 0. The summed E-state index contributed by atoms with van der Waals surface area (Å²) in [7, 11) is 0. The largest absolute Gasteiger partial charge is 3.00 e. The van der Waals surface area contributed by atoms with Crippen LogP contribution in [0.15, 0.2) is 0 Å². The van der Waals surface area contributed by atoms with E-state index in [-0.39, 0.29) is 89.5 Å². The van der Waals surface area contributed by atoms with E-state index >= 15 is 0 Å². The fourth-order valence-corrected chi connectivity index (χ4v) is 0. The Hall–Kier alpha value is 1.28.